The SMILES string of the molecule is Nc1ccccc1C(=O)C[C@H](NC(=O)OCC1c2ccccc2-c2ccccc21)C(=O)O. The first kappa shape index (κ1) is 21.1. The molecule has 7 heteroatoms. The summed E-state index contributed by atoms with van der Waals surface area (Å²) in [6.45, 7) is 0.0474. The molecule has 0 unspecified atom stereocenters. The summed E-state index contributed by atoms with van der Waals surface area (Å²) in [5.41, 5.74) is 10.5. The van der Waals surface area contributed by atoms with E-state index in [0.717, 1.165) is 22.3 Å². The number of ketones is 1. The highest BCUT2D eigenvalue weighted by molar-refractivity contribution is 6.03. The molecule has 1 atom stereocenters. The minimum Gasteiger partial charge on any atom is -0.480 e. The highest BCUT2D eigenvalue weighted by Crippen LogP contribution is 2.44. The Balaban J connectivity index is 1.42. The zero-order valence-electron chi connectivity index (χ0n) is 17.2. The lowest BCUT2D eigenvalue weighted by Gasteiger charge is -2.17. The normalized spacial score (nSPS) is 13.0. The monoisotopic (exact) mass is 430 g/mol. The molecule has 1 aliphatic rings. The molecule has 0 aromatic heterocycles. The highest BCUT2D eigenvalue weighted by Gasteiger charge is 2.30. The molecule has 0 bridgehead atoms. The second-order valence-electron chi connectivity index (χ2n) is 7.58. The molecule has 32 heavy (non-hydrogen) atoms. The molecule has 0 radical (unpaired) electrons. The van der Waals surface area contributed by atoms with Gasteiger partial charge in [0.1, 0.15) is 12.6 Å². The van der Waals surface area contributed by atoms with Crippen molar-refractivity contribution in [1.82, 2.24) is 5.32 Å². The van der Waals surface area contributed by atoms with Crippen LogP contribution in [0.5, 0.6) is 0 Å². The number of rotatable bonds is 7. The minimum absolute atomic E-state index is 0.0474. The second-order valence-corrected chi connectivity index (χ2v) is 7.58. The number of carbonyl (C=O) groups excluding carboxylic acids is 2. The van der Waals surface area contributed by atoms with Crippen molar-refractivity contribution < 1.29 is 24.2 Å². The minimum atomic E-state index is -1.43. The number of nitrogens with two attached hydrogens (primary N) is 1. The first-order valence-electron chi connectivity index (χ1n) is 10.2. The van der Waals surface area contributed by atoms with Gasteiger partial charge in [0.05, 0.1) is 0 Å². The van der Waals surface area contributed by atoms with Gasteiger partial charge in [-0.1, -0.05) is 60.7 Å². The highest BCUT2D eigenvalue weighted by atomic mass is 16.5. The number of amides is 1. The van der Waals surface area contributed by atoms with E-state index in [0.29, 0.717) is 0 Å². The van der Waals surface area contributed by atoms with Crippen molar-refractivity contribution in [2.24, 2.45) is 0 Å². The quantitative estimate of drug-likeness (QED) is 0.387. The third-order valence-electron chi connectivity index (χ3n) is 5.58. The number of nitrogen functional groups attached to an aromatic ring is 1. The molecule has 0 heterocycles. The number of nitrogens with one attached hydrogen (secondary N) is 1. The van der Waals surface area contributed by atoms with E-state index in [1.807, 2.05) is 48.5 Å². The Hall–Kier alpha value is -4.13. The standard InChI is InChI=1S/C25H22N2O5/c26-21-12-6-5-11-19(21)23(28)13-22(24(29)30)27-25(31)32-14-20-17-9-3-1-7-15(17)16-8-2-4-10-18(16)20/h1-12,20,22H,13-14,26H2,(H,27,31)(H,29,30)/t22-/m0/s1. The van der Waals surface area contributed by atoms with Gasteiger partial charge in [0.25, 0.3) is 0 Å². The number of ether oxygens (including phenoxy) is 1. The molecule has 3 aromatic rings. The van der Waals surface area contributed by atoms with Gasteiger partial charge in [0, 0.05) is 23.6 Å². The number of para-hydroxylation sites is 1. The number of Topliss-reactive ketones (excluding diaryl/α,β-unsaturated/α-hetero) is 1. The Labute approximate surface area is 184 Å². The van der Waals surface area contributed by atoms with Crippen LogP contribution in [-0.4, -0.2) is 35.6 Å². The lowest BCUT2D eigenvalue weighted by atomic mass is 9.98. The van der Waals surface area contributed by atoms with Crippen molar-refractivity contribution in [1.29, 1.82) is 0 Å². The lowest BCUT2D eigenvalue weighted by Crippen LogP contribution is -2.42. The molecular weight excluding hydrogens is 408 g/mol. The molecule has 1 amide bonds. The van der Waals surface area contributed by atoms with Crippen LogP contribution >= 0.6 is 0 Å². The van der Waals surface area contributed by atoms with Crippen molar-refractivity contribution >= 4 is 23.5 Å². The largest absolute Gasteiger partial charge is 0.480 e. The molecule has 0 fully saturated rings. The topological polar surface area (TPSA) is 119 Å². The summed E-state index contributed by atoms with van der Waals surface area (Å²) in [4.78, 5) is 36.5. The van der Waals surface area contributed by atoms with E-state index in [9.17, 15) is 19.5 Å². The summed E-state index contributed by atoms with van der Waals surface area (Å²) in [6, 6.07) is 20.8. The Morgan fingerprint density at radius 2 is 1.47 bits per heavy atom. The van der Waals surface area contributed by atoms with Gasteiger partial charge >= 0.3 is 12.1 Å². The zero-order valence-corrected chi connectivity index (χ0v) is 17.2. The van der Waals surface area contributed by atoms with Crippen LogP contribution in [0.2, 0.25) is 0 Å². The van der Waals surface area contributed by atoms with Crippen LogP contribution in [0.4, 0.5) is 10.5 Å². The van der Waals surface area contributed by atoms with Crippen LogP contribution in [-0.2, 0) is 9.53 Å². The van der Waals surface area contributed by atoms with Crippen molar-refractivity contribution in [2.45, 2.75) is 18.4 Å². The Kier molecular flexibility index (Phi) is 5.89. The van der Waals surface area contributed by atoms with Gasteiger partial charge in [0.2, 0.25) is 0 Å². The van der Waals surface area contributed by atoms with Crippen LogP contribution in [0.1, 0.15) is 33.8 Å². The van der Waals surface area contributed by atoms with Gasteiger partial charge in [-0.2, -0.15) is 0 Å². The Morgan fingerprint density at radius 3 is 2.06 bits per heavy atom. The summed E-state index contributed by atoms with van der Waals surface area (Å²) in [5, 5.41) is 11.8. The van der Waals surface area contributed by atoms with E-state index in [-0.39, 0.29) is 23.8 Å². The van der Waals surface area contributed by atoms with Crippen LogP contribution in [0, 0.1) is 0 Å². The summed E-state index contributed by atoms with van der Waals surface area (Å²) >= 11 is 0. The first-order chi connectivity index (χ1) is 15.5. The third-order valence-corrected chi connectivity index (χ3v) is 5.58. The average molecular weight is 430 g/mol. The number of benzene rings is 3. The van der Waals surface area contributed by atoms with Gasteiger partial charge in [-0.25, -0.2) is 9.59 Å². The number of carbonyl (C=O) groups is 3. The number of hydrogen-bond acceptors (Lipinski definition) is 5. The summed E-state index contributed by atoms with van der Waals surface area (Å²) in [6.07, 6.45) is -1.33. The number of aliphatic carboxylic acids is 1. The Morgan fingerprint density at radius 1 is 0.906 bits per heavy atom. The number of fused-ring (bicyclic) bond motifs is 3. The molecule has 1 aliphatic carbocycles. The smallest absolute Gasteiger partial charge is 0.407 e. The maximum absolute atomic E-state index is 12.5. The number of carboxylic acids is 1. The fourth-order valence-corrected chi connectivity index (χ4v) is 4.03. The van der Waals surface area contributed by atoms with E-state index in [1.165, 1.54) is 6.07 Å². The van der Waals surface area contributed by atoms with Gasteiger partial charge < -0.3 is 20.9 Å². The lowest BCUT2D eigenvalue weighted by molar-refractivity contribution is -0.139. The third kappa shape index (κ3) is 4.18. The molecule has 4 rings (SSSR count). The first-order valence-corrected chi connectivity index (χ1v) is 10.2. The number of anilines is 1. The van der Waals surface area contributed by atoms with Gasteiger partial charge in [-0.3, -0.25) is 4.79 Å². The van der Waals surface area contributed by atoms with Gasteiger partial charge in [-0.15, -0.1) is 0 Å². The predicted octanol–water partition coefficient (Wildman–Crippen LogP) is 3.83. The maximum Gasteiger partial charge on any atom is 0.407 e. The number of alkyl carbamates (subject to hydrolysis) is 1. The van der Waals surface area contributed by atoms with Crippen molar-refractivity contribution in [3.8, 4) is 11.1 Å². The summed E-state index contributed by atoms with van der Waals surface area (Å²) < 4.78 is 5.38. The summed E-state index contributed by atoms with van der Waals surface area (Å²) in [5.74, 6) is -1.96. The average Bonchev–Trinajstić information content (AvgIpc) is 3.11. The van der Waals surface area contributed by atoms with E-state index < -0.39 is 30.3 Å². The van der Waals surface area contributed by atoms with Crippen LogP contribution in [0.3, 0.4) is 0 Å². The van der Waals surface area contributed by atoms with E-state index in [4.69, 9.17) is 10.5 Å². The van der Waals surface area contributed by atoms with Crippen LogP contribution < -0.4 is 11.1 Å². The maximum atomic E-state index is 12.5. The zero-order chi connectivity index (χ0) is 22.7. The molecule has 162 valence electrons. The Bertz CT molecular complexity index is 1140. The fourth-order valence-electron chi connectivity index (χ4n) is 4.03. The molecule has 3 aromatic carbocycles. The molecule has 0 aliphatic heterocycles. The van der Waals surface area contributed by atoms with Gasteiger partial charge in [-0.05, 0) is 34.4 Å². The van der Waals surface area contributed by atoms with Crippen LogP contribution in [0.15, 0.2) is 72.8 Å². The van der Waals surface area contributed by atoms with Crippen LogP contribution in [0.25, 0.3) is 11.1 Å². The molecule has 0 spiro atoms. The molecule has 0 saturated heterocycles. The van der Waals surface area contributed by atoms with Crippen molar-refractivity contribution in [2.75, 3.05) is 12.3 Å². The summed E-state index contributed by atoms with van der Waals surface area (Å²) in [7, 11) is 0. The van der Waals surface area contributed by atoms with Crippen molar-refractivity contribution in [3.05, 3.63) is 89.5 Å². The number of carboxylic acid groups (broad SMARTS) is 1. The predicted molar refractivity (Wildman–Crippen MR) is 119 cm³/mol. The molecule has 0 saturated carbocycles. The second kappa shape index (κ2) is 8.93. The molecule has 7 nitrogen and oxygen atoms in total. The van der Waals surface area contributed by atoms with Gasteiger partial charge in [0.15, 0.2) is 5.78 Å². The van der Waals surface area contributed by atoms with E-state index >= 15 is 0 Å². The van der Waals surface area contributed by atoms with E-state index in [1.54, 1.807) is 18.2 Å². The molecular formula is C25H22N2O5. The van der Waals surface area contributed by atoms with Crippen molar-refractivity contribution in [3.63, 3.8) is 0 Å². The van der Waals surface area contributed by atoms with E-state index in [2.05, 4.69) is 5.32 Å². The fraction of sp³-hybridized carbons (Fsp3) is 0.160. The molecule has 4 N–H and O–H groups in total. The number of hydrogen-bond donors (Lipinski definition) is 3.